The van der Waals surface area contributed by atoms with Crippen LogP contribution in [0.5, 0.6) is 5.75 Å². The second kappa shape index (κ2) is 6.23. The van der Waals surface area contributed by atoms with Gasteiger partial charge in [0.1, 0.15) is 5.75 Å². The molecule has 0 saturated heterocycles. The molecule has 0 radical (unpaired) electrons. The van der Waals surface area contributed by atoms with Crippen molar-refractivity contribution >= 4 is 17.7 Å². The Hall–Kier alpha value is -1.31. The van der Waals surface area contributed by atoms with Crippen LogP contribution < -0.4 is 4.74 Å². The standard InChI is InChI=1S/C11H12ClNO2/c1-15-10-5-4-9(11(12)7-10)3-2-6-13-8-14/h4-5,7H,2-3,6H2,1H3. The van der Waals surface area contributed by atoms with Crippen molar-refractivity contribution in [3.8, 4) is 5.75 Å². The minimum absolute atomic E-state index is 0.492. The quantitative estimate of drug-likeness (QED) is 0.439. The third kappa shape index (κ3) is 3.74. The van der Waals surface area contributed by atoms with Gasteiger partial charge in [-0.05, 0) is 30.5 Å². The summed E-state index contributed by atoms with van der Waals surface area (Å²) in [5.41, 5.74) is 1.04. The fourth-order valence-electron chi connectivity index (χ4n) is 1.25. The number of hydrogen-bond acceptors (Lipinski definition) is 3. The molecule has 15 heavy (non-hydrogen) atoms. The first kappa shape index (κ1) is 11.8. The molecule has 80 valence electrons. The number of halogens is 1. The SMILES string of the molecule is COc1ccc(CCCN=C=O)c(Cl)c1. The average Bonchev–Trinajstić information content (AvgIpc) is 2.26. The van der Waals surface area contributed by atoms with Crippen LogP contribution in [0, 0.1) is 0 Å². The number of methoxy groups -OCH3 is 1. The molecule has 0 fully saturated rings. The molecule has 0 unspecified atom stereocenters. The largest absolute Gasteiger partial charge is 0.497 e. The van der Waals surface area contributed by atoms with Crippen molar-refractivity contribution in [2.45, 2.75) is 12.8 Å². The van der Waals surface area contributed by atoms with Crippen LogP contribution in [0.15, 0.2) is 23.2 Å². The lowest BCUT2D eigenvalue weighted by molar-refractivity contribution is 0.414. The highest BCUT2D eigenvalue weighted by molar-refractivity contribution is 6.31. The second-order valence-corrected chi connectivity index (χ2v) is 3.44. The van der Waals surface area contributed by atoms with Crippen LogP contribution in [0.3, 0.4) is 0 Å². The topological polar surface area (TPSA) is 38.7 Å². The van der Waals surface area contributed by atoms with Gasteiger partial charge in [-0.15, -0.1) is 0 Å². The molecule has 1 aromatic rings. The summed E-state index contributed by atoms with van der Waals surface area (Å²) in [7, 11) is 1.60. The van der Waals surface area contributed by atoms with Crippen molar-refractivity contribution in [3.05, 3.63) is 28.8 Å². The van der Waals surface area contributed by atoms with E-state index >= 15 is 0 Å². The molecule has 0 spiro atoms. The van der Waals surface area contributed by atoms with Crippen LogP contribution in [0.4, 0.5) is 0 Å². The Bertz CT molecular complexity index is 373. The summed E-state index contributed by atoms with van der Waals surface area (Å²) < 4.78 is 5.04. The maximum Gasteiger partial charge on any atom is 0.234 e. The minimum atomic E-state index is 0.492. The number of hydrogen-bond donors (Lipinski definition) is 0. The maximum atomic E-state index is 9.83. The summed E-state index contributed by atoms with van der Waals surface area (Å²) in [4.78, 5) is 13.3. The van der Waals surface area contributed by atoms with Gasteiger partial charge in [0.15, 0.2) is 0 Å². The number of rotatable bonds is 5. The maximum absolute atomic E-state index is 9.83. The number of carbonyl (C=O) groups excluding carboxylic acids is 1. The van der Waals surface area contributed by atoms with Gasteiger partial charge in [-0.2, -0.15) is 0 Å². The molecule has 0 aliphatic rings. The Balaban J connectivity index is 2.57. The van der Waals surface area contributed by atoms with Gasteiger partial charge in [0.25, 0.3) is 0 Å². The van der Waals surface area contributed by atoms with E-state index < -0.39 is 0 Å². The Morgan fingerprint density at radius 2 is 2.33 bits per heavy atom. The van der Waals surface area contributed by atoms with E-state index in [-0.39, 0.29) is 0 Å². The third-order valence-electron chi connectivity index (χ3n) is 2.04. The van der Waals surface area contributed by atoms with Crippen LogP contribution in [0.2, 0.25) is 5.02 Å². The lowest BCUT2D eigenvalue weighted by Crippen LogP contribution is -1.91. The van der Waals surface area contributed by atoms with Crippen molar-refractivity contribution in [1.82, 2.24) is 0 Å². The van der Waals surface area contributed by atoms with Crippen LogP contribution in [0.1, 0.15) is 12.0 Å². The summed E-state index contributed by atoms with van der Waals surface area (Å²) in [5.74, 6) is 0.745. The summed E-state index contributed by atoms with van der Waals surface area (Å²) in [5, 5.41) is 0.685. The summed E-state index contributed by atoms with van der Waals surface area (Å²) in [6.45, 7) is 0.492. The molecular weight excluding hydrogens is 214 g/mol. The smallest absolute Gasteiger partial charge is 0.234 e. The molecule has 3 nitrogen and oxygen atoms in total. The molecule has 0 aliphatic carbocycles. The van der Waals surface area contributed by atoms with Gasteiger partial charge < -0.3 is 4.74 Å². The van der Waals surface area contributed by atoms with E-state index in [0.717, 1.165) is 24.2 Å². The first-order valence-electron chi connectivity index (χ1n) is 4.64. The van der Waals surface area contributed by atoms with Crippen molar-refractivity contribution < 1.29 is 9.53 Å². The van der Waals surface area contributed by atoms with Crippen LogP contribution in [0.25, 0.3) is 0 Å². The number of nitrogens with zero attached hydrogens (tertiary/aromatic N) is 1. The molecule has 0 aliphatic heterocycles. The Morgan fingerprint density at radius 1 is 1.53 bits per heavy atom. The number of aryl methyl sites for hydroxylation is 1. The van der Waals surface area contributed by atoms with Gasteiger partial charge >= 0.3 is 0 Å². The molecule has 0 amide bonds. The van der Waals surface area contributed by atoms with Crippen molar-refractivity contribution in [1.29, 1.82) is 0 Å². The molecule has 1 aromatic carbocycles. The number of benzene rings is 1. The Morgan fingerprint density at radius 3 is 2.93 bits per heavy atom. The van der Waals surface area contributed by atoms with E-state index in [9.17, 15) is 4.79 Å². The van der Waals surface area contributed by atoms with E-state index in [4.69, 9.17) is 16.3 Å². The minimum Gasteiger partial charge on any atom is -0.497 e. The average molecular weight is 226 g/mol. The first-order chi connectivity index (χ1) is 7.27. The summed E-state index contributed by atoms with van der Waals surface area (Å²) in [6, 6.07) is 5.57. The van der Waals surface area contributed by atoms with Crippen LogP contribution in [-0.2, 0) is 11.2 Å². The van der Waals surface area contributed by atoms with Gasteiger partial charge in [0, 0.05) is 5.02 Å². The molecule has 4 heteroatoms. The zero-order valence-corrected chi connectivity index (χ0v) is 9.25. The number of isocyanates is 1. The Labute approximate surface area is 93.7 Å². The van der Waals surface area contributed by atoms with Gasteiger partial charge in [-0.3, -0.25) is 0 Å². The van der Waals surface area contributed by atoms with Gasteiger partial charge in [-0.1, -0.05) is 17.7 Å². The van der Waals surface area contributed by atoms with Crippen molar-refractivity contribution in [2.24, 2.45) is 4.99 Å². The Kier molecular flexibility index (Phi) is 4.88. The van der Waals surface area contributed by atoms with Crippen LogP contribution >= 0.6 is 11.6 Å². The lowest BCUT2D eigenvalue weighted by Gasteiger charge is -2.05. The predicted molar refractivity (Wildman–Crippen MR) is 59.3 cm³/mol. The van der Waals surface area contributed by atoms with Crippen LogP contribution in [-0.4, -0.2) is 19.7 Å². The van der Waals surface area contributed by atoms with Gasteiger partial charge in [-0.25, -0.2) is 9.79 Å². The zero-order valence-electron chi connectivity index (χ0n) is 8.50. The lowest BCUT2D eigenvalue weighted by atomic mass is 10.1. The normalized spacial score (nSPS) is 9.47. The third-order valence-corrected chi connectivity index (χ3v) is 2.39. The molecule has 1 rings (SSSR count). The molecule has 0 saturated carbocycles. The predicted octanol–water partition coefficient (Wildman–Crippen LogP) is 2.62. The molecule has 0 N–H and O–H groups in total. The first-order valence-corrected chi connectivity index (χ1v) is 5.01. The zero-order chi connectivity index (χ0) is 11.1. The van der Waals surface area contributed by atoms with E-state index in [1.807, 2.05) is 12.1 Å². The summed E-state index contributed by atoms with van der Waals surface area (Å²) >= 11 is 6.03. The highest BCUT2D eigenvalue weighted by Gasteiger charge is 2.01. The van der Waals surface area contributed by atoms with Crippen molar-refractivity contribution in [2.75, 3.05) is 13.7 Å². The molecule has 0 aromatic heterocycles. The van der Waals surface area contributed by atoms with Gasteiger partial charge in [0.05, 0.1) is 13.7 Å². The fraction of sp³-hybridized carbons (Fsp3) is 0.364. The summed E-state index contributed by atoms with van der Waals surface area (Å²) in [6.07, 6.45) is 3.10. The van der Waals surface area contributed by atoms with Gasteiger partial charge in [0.2, 0.25) is 6.08 Å². The van der Waals surface area contributed by atoms with Crippen molar-refractivity contribution in [3.63, 3.8) is 0 Å². The monoisotopic (exact) mass is 225 g/mol. The number of aliphatic imine (C=N–C) groups is 1. The highest BCUT2D eigenvalue weighted by atomic mass is 35.5. The molecule has 0 atom stereocenters. The van der Waals surface area contributed by atoms with E-state index in [1.54, 1.807) is 13.2 Å². The van der Waals surface area contributed by atoms with E-state index in [0.29, 0.717) is 11.6 Å². The fourth-order valence-corrected chi connectivity index (χ4v) is 1.52. The molecular formula is C11H12ClNO2. The molecule has 0 heterocycles. The molecule has 0 bridgehead atoms. The van der Waals surface area contributed by atoms with E-state index in [2.05, 4.69) is 4.99 Å². The second-order valence-electron chi connectivity index (χ2n) is 3.03. The highest BCUT2D eigenvalue weighted by Crippen LogP contribution is 2.23. The number of ether oxygens (including phenoxy) is 1. The van der Waals surface area contributed by atoms with E-state index in [1.165, 1.54) is 6.08 Å².